The van der Waals surface area contributed by atoms with E-state index in [1.165, 1.54) is 10.9 Å². The van der Waals surface area contributed by atoms with Crippen LogP contribution in [0.5, 0.6) is 0 Å². The van der Waals surface area contributed by atoms with Crippen LogP contribution in [-0.2, 0) is 11.3 Å². The van der Waals surface area contributed by atoms with E-state index in [1.807, 2.05) is 18.2 Å². The molecular formula is C18H16N4O3. The standard InChI is InChI=1S/C18H16N4O3/c19-10-18(7-3-4-8-18)21-14(23)9-22-11-20-15-12-5-1-2-6-13(12)25-16(15)17(22)24/h1-2,5-6,11H,3-4,7-9H2,(H,21,23). The number of fused-ring (bicyclic) bond motifs is 3. The smallest absolute Gasteiger partial charge is 0.297 e. The Morgan fingerprint density at radius 1 is 1.36 bits per heavy atom. The number of carbonyl (C=O) groups is 1. The molecule has 1 fully saturated rings. The van der Waals surface area contributed by atoms with Crippen molar-refractivity contribution in [3.63, 3.8) is 0 Å². The lowest BCUT2D eigenvalue weighted by molar-refractivity contribution is -0.123. The largest absolute Gasteiger partial charge is 0.448 e. The van der Waals surface area contributed by atoms with Gasteiger partial charge in [-0.15, -0.1) is 0 Å². The Bertz CT molecular complexity index is 1070. The molecule has 1 amide bonds. The number of rotatable bonds is 3. The molecule has 1 aliphatic rings. The number of furan rings is 1. The second-order valence-electron chi connectivity index (χ2n) is 6.40. The highest BCUT2D eigenvalue weighted by atomic mass is 16.3. The fourth-order valence-corrected chi connectivity index (χ4v) is 3.43. The zero-order valence-electron chi connectivity index (χ0n) is 13.5. The zero-order chi connectivity index (χ0) is 17.4. The molecule has 0 bridgehead atoms. The summed E-state index contributed by atoms with van der Waals surface area (Å²) >= 11 is 0. The Kier molecular flexibility index (Phi) is 3.53. The van der Waals surface area contributed by atoms with Gasteiger partial charge in [0.15, 0.2) is 0 Å². The molecule has 1 saturated carbocycles. The summed E-state index contributed by atoms with van der Waals surface area (Å²) in [6.45, 7) is -0.192. The lowest BCUT2D eigenvalue weighted by atomic mass is 10.00. The van der Waals surface area contributed by atoms with Gasteiger partial charge in [-0.1, -0.05) is 12.1 Å². The number of aromatic nitrogens is 2. The first kappa shape index (κ1) is 15.4. The molecule has 7 heteroatoms. The fraction of sp³-hybridized carbons (Fsp3) is 0.333. The minimum atomic E-state index is -0.808. The molecule has 3 aromatic rings. The van der Waals surface area contributed by atoms with Crippen LogP contribution in [0, 0.1) is 11.3 Å². The van der Waals surface area contributed by atoms with Crippen molar-refractivity contribution < 1.29 is 9.21 Å². The van der Waals surface area contributed by atoms with Gasteiger partial charge < -0.3 is 9.73 Å². The van der Waals surface area contributed by atoms with E-state index in [2.05, 4.69) is 16.4 Å². The van der Waals surface area contributed by atoms with E-state index in [-0.39, 0.29) is 18.0 Å². The Morgan fingerprint density at radius 2 is 2.12 bits per heavy atom. The highest BCUT2D eigenvalue weighted by molar-refractivity contribution is 6.01. The maximum absolute atomic E-state index is 12.6. The van der Waals surface area contributed by atoms with Gasteiger partial charge in [-0.3, -0.25) is 14.2 Å². The maximum atomic E-state index is 12.6. The van der Waals surface area contributed by atoms with Crippen molar-refractivity contribution in [2.75, 3.05) is 0 Å². The van der Waals surface area contributed by atoms with Crippen molar-refractivity contribution in [3.05, 3.63) is 40.9 Å². The molecular weight excluding hydrogens is 320 g/mol. The quantitative estimate of drug-likeness (QED) is 0.789. The number of benzene rings is 1. The summed E-state index contributed by atoms with van der Waals surface area (Å²) in [4.78, 5) is 29.2. The monoisotopic (exact) mass is 336 g/mol. The van der Waals surface area contributed by atoms with Crippen LogP contribution in [0.1, 0.15) is 25.7 Å². The number of nitrogens with one attached hydrogen (secondary N) is 1. The van der Waals surface area contributed by atoms with Gasteiger partial charge in [0, 0.05) is 5.39 Å². The number of nitriles is 1. The van der Waals surface area contributed by atoms with Crippen LogP contribution in [-0.4, -0.2) is 21.0 Å². The number of carbonyl (C=O) groups excluding carboxylic acids is 1. The number of hydrogen-bond donors (Lipinski definition) is 1. The summed E-state index contributed by atoms with van der Waals surface area (Å²) in [6, 6.07) is 9.47. The lowest BCUT2D eigenvalue weighted by Gasteiger charge is -2.22. The van der Waals surface area contributed by atoms with Gasteiger partial charge in [-0.25, -0.2) is 4.98 Å². The molecule has 0 unspecified atom stereocenters. The molecule has 1 N–H and O–H groups in total. The summed E-state index contributed by atoms with van der Waals surface area (Å²) < 4.78 is 6.81. The molecule has 2 heterocycles. The van der Waals surface area contributed by atoms with Gasteiger partial charge in [-0.05, 0) is 37.8 Å². The van der Waals surface area contributed by atoms with Crippen molar-refractivity contribution in [1.82, 2.24) is 14.9 Å². The maximum Gasteiger partial charge on any atom is 0.297 e. The molecule has 0 saturated heterocycles. The van der Waals surface area contributed by atoms with Crippen molar-refractivity contribution in [3.8, 4) is 6.07 Å². The second kappa shape index (κ2) is 5.74. The van der Waals surface area contributed by atoms with Crippen molar-refractivity contribution in [1.29, 1.82) is 5.26 Å². The average molecular weight is 336 g/mol. The highest BCUT2D eigenvalue weighted by Gasteiger charge is 2.35. The Labute approximate surface area is 142 Å². The first-order valence-electron chi connectivity index (χ1n) is 8.21. The lowest BCUT2D eigenvalue weighted by Crippen LogP contribution is -2.47. The topological polar surface area (TPSA) is 101 Å². The van der Waals surface area contributed by atoms with Crippen LogP contribution in [0.15, 0.2) is 39.8 Å². The van der Waals surface area contributed by atoms with Gasteiger partial charge in [0.05, 0.1) is 12.4 Å². The highest BCUT2D eigenvalue weighted by Crippen LogP contribution is 2.29. The molecule has 25 heavy (non-hydrogen) atoms. The molecule has 0 atom stereocenters. The Balaban J connectivity index is 1.65. The van der Waals surface area contributed by atoms with Crippen molar-refractivity contribution in [2.24, 2.45) is 0 Å². The number of nitrogens with zero attached hydrogens (tertiary/aromatic N) is 3. The minimum absolute atomic E-state index is 0.132. The number of hydrogen-bond acceptors (Lipinski definition) is 5. The van der Waals surface area contributed by atoms with Gasteiger partial charge in [0.1, 0.15) is 23.2 Å². The number of para-hydroxylation sites is 1. The van der Waals surface area contributed by atoms with Crippen molar-refractivity contribution >= 4 is 28.0 Å². The molecule has 0 aliphatic heterocycles. The molecule has 2 aromatic heterocycles. The molecule has 0 radical (unpaired) electrons. The summed E-state index contributed by atoms with van der Waals surface area (Å²) in [6.07, 6.45) is 4.47. The minimum Gasteiger partial charge on any atom is -0.448 e. The van der Waals surface area contributed by atoms with Crippen LogP contribution in [0.25, 0.3) is 22.1 Å². The summed E-state index contributed by atoms with van der Waals surface area (Å²) in [7, 11) is 0. The third-order valence-corrected chi connectivity index (χ3v) is 4.71. The summed E-state index contributed by atoms with van der Waals surface area (Å²) in [5.74, 6) is -0.372. The Hall–Kier alpha value is -3.14. The van der Waals surface area contributed by atoms with E-state index in [9.17, 15) is 14.9 Å². The molecule has 7 nitrogen and oxygen atoms in total. The normalized spacial score (nSPS) is 16.1. The van der Waals surface area contributed by atoms with E-state index >= 15 is 0 Å². The average Bonchev–Trinajstić information content (AvgIpc) is 3.23. The van der Waals surface area contributed by atoms with Crippen LogP contribution < -0.4 is 10.9 Å². The SMILES string of the molecule is N#CC1(NC(=O)Cn2cnc3c(oc4ccccc43)c2=O)CCCC1. The van der Waals surface area contributed by atoms with E-state index < -0.39 is 11.1 Å². The molecule has 1 aromatic carbocycles. The molecule has 0 spiro atoms. The molecule has 4 rings (SSSR count). The third kappa shape index (κ3) is 2.56. The van der Waals surface area contributed by atoms with Gasteiger partial charge in [0.2, 0.25) is 11.5 Å². The van der Waals surface area contributed by atoms with E-state index in [0.29, 0.717) is 23.9 Å². The van der Waals surface area contributed by atoms with Crippen LogP contribution in [0.3, 0.4) is 0 Å². The van der Waals surface area contributed by atoms with Gasteiger partial charge in [0.25, 0.3) is 5.56 Å². The first-order chi connectivity index (χ1) is 12.1. The van der Waals surface area contributed by atoms with E-state index in [0.717, 1.165) is 18.2 Å². The van der Waals surface area contributed by atoms with Crippen LogP contribution >= 0.6 is 0 Å². The second-order valence-corrected chi connectivity index (χ2v) is 6.40. The van der Waals surface area contributed by atoms with Crippen LogP contribution in [0.2, 0.25) is 0 Å². The summed E-state index contributed by atoms with van der Waals surface area (Å²) in [5, 5.41) is 12.9. The predicted molar refractivity (Wildman–Crippen MR) is 90.7 cm³/mol. The third-order valence-electron chi connectivity index (χ3n) is 4.71. The van der Waals surface area contributed by atoms with E-state index in [1.54, 1.807) is 6.07 Å². The zero-order valence-corrected chi connectivity index (χ0v) is 13.5. The Morgan fingerprint density at radius 3 is 2.88 bits per heavy atom. The molecule has 1 aliphatic carbocycles. The first-order valence-corrected chi connectivity index (χ1v) is 8.21. The van der Waals surface area contributed by atoms with Gasteiger partial charge in [-0.2, -0.15) is 5.26 Å². The number of amides is 1. The van der Waals surface area contributed by atoms with Crippen molar-refractivity contribution in [2.45, 2.75) is 37.8 Å². The fourth-order valence-electron chi connectivity index (χ4n) is 3.43. The molecule has 126 valence electrons. The van der Waals surface area contributed by atoms with E-state index in [4.69, 9.17) is 4.42 Å². The van der Waals surface area contributed by atoms with Crippen LogP contribution in [0.4, 0.5) is 0 Å². The summed E-state index contributed by atoms with van der Waals surface area (Å²) in [5.41, 5.74) is -0.0150. The predicted octanol–water partition coefficient (Wildman–Crippen LogP) is 2.10. The van der Waals surface area contributed by atoms with Gasteiger partial charge >= 0.3 is 0 Å².